The normalized spacial score (nSPS) is 13.3. The van der Waals surface area contributed by atoms with Crippen molar-refractivity contribution in [3.63, 3.8) is 0 Å². The van der Waals surface area contributed by atoms with Crippen molar-refractivity contribution >= 4 is 6.03 Å². The lowest BCUT2D eigenvalue weighted by atomic mass is 10.0. The minimum Gasteiger partial charge on any atom is -0.391 e. The Hall–Kier alpha value is -2.34. The predicted octanol–water partition coefficient (Wildman–Crippen LogP) is 2.14. The molecule has 6 heteroatoms. The topological polar surface area (TPSA) is 79.2 Å². The van der Waals surface area contributed by atoms with Gasteiger partial charge in [0, 0.05) is 25.5 Å². The molecule has 0 fully saturated rings. The van der Waals surface area contributed by atoms with Crippen LogP contribution < -0.4 is 10.6 Å². The summed E-state index contributed by atoms with van der Waals surface area (Å²) in [6.07, 6.45) is 4.04. The third-order valence-corrected chi connectivity index (χ3v) is 4.12. The highest BCUT2D eigenvalue weighted by Crippen LogP contribution is 2.07. The number of urea groups is 1. The molecule has 130 valence electrons. The van der Waals surface area contributed by atoms with Gasteiger partial charge in [0.1, 0.15) is 0 Å². The van der Waals surface area contributed by atoms with Gasteiger partial charge in [0.25, 0.3) is 0 Å². The van der Waals surface area contributed by atoms with Crippen molar-refractivity contribution in [2.45, 2.75) is 39.5 Å². The molecule has 0 aliphatic rings. The fourth-order valence-electron chi connectivity index (χ4n) is 2.33. The minimum atomic E-state index is -0.516. The fraction of sp³-hybridized carbons (Fsp3) is 0.444. The van der Waals surface area contributed by atoms with Gasteiger partial charge in [-0.2, -0.15) is 5.10 Å². The predicted molar refractivity (Wildman–Crippen MR) is 93.5 cm³/mol. The molecule has 24 heavy (non-hydrogen) atoms. The summed E-state index contributed by atoms with van der Waals surface area (Å²) < 4.78 is 1.86. The van der Waals surface area contributed by atoms with Crippen LogP contribution >= 0.6 is 0 Å². The number of aromatic nitrogens is 2. The molecule has 6 nitrogen and oxygen atoms in total. The van der Waals surface area contributed by atoms with E-state index in [4.69, 9.17) is 0 Å². The van der Waals surface area contributed by atoms with E-state index in [1.165, 1.54) is 0 Å². The van der Waals surface area contributed by atoms with E-state index in [0.29, 0.717) is 13.1 Å². The maximum Gasteiger partial charge on any atom is 0.315 e. The van der Waals surface area contributed by atoms with Gasteiger partial charge in [0.2, 0.25) is 0 Å². The van der Waals surface area contributed by atoms with Crippen LogP contribution in [0, 0.1) is 5.92 Å². The first kappa shape index (κ1) is 18.0. The molecule has 2 aromatic rings. The Kier molecular flexibility index (Phi) is 6.81. The molecule has 2 amide bonds. The highest BCUT2D eigenvalue weighted by atomic mass is 16.3. The molecular weight excluding hydrogens is 304 g/mol. The molecule has 1 heterocycles. The molecule has 2 rings (SSSR count). The van der Waals surface area contributed by atoms with Crippen molar-refractivity contribution in [3.05, 3.63) is 53.9 Å². The Morgan fingerprint density at radius 2 is 2.08 bits per heavy atom. The first-order valence-electron chi connectivity index (χ1n) is 8.33. The van der Waals surface area contributed by atoms with Crippen molar-refractivity contribution in [1.29, 1.82) is 0 Å². The van der Waals surface area contributed by atoms with Gasteiger partial charge in [-0.1, -0.05) is 44.5 Å². The largest absolute Gasteiger partial charge is 0.391 e. The average Bonchev–Trinajstić information content (AvgIpc) is 3.10. The van der Waals surface area contributed by atoms with Crippen LogP contribution in [0.4, 0.5) is 4.79 Å². The number of aliphatic hydroxyl groups is 1. The van der Waals surface area contributed by atoms with Crippen molar-refractivity contribution in [2.24, 2.45) is 5.92 Å². The van der Waals surface area contributed by atoms with Crippen LogP contribution in [-0.4, -0.2) is 33.6 Å². The van der Waals surface area contributed by atoms with E-state index in [0.717, 1.165) is 17.5 Å². The fourth-order valence-corrected chi connectivity index (χ4v) is 2.33. The standard InChI is InChI=1S/C18H26N4O2/c1-3-14(2)17(23)12-20-18(24)19-11-15-6-4-7-16(10-15)13-22-9-5-8-21-22/h4-10,14,17,23H,3,11-13H2,1-2H3,(H2,19,20,24). The number of amides is 2. The van der Waals surface area contributed by atoms with E-state index in [1.807, 2.05) is 49.0 Å². The monoisotopic (exact) mass is 330 g/mol. The lowest BCUT2D eigenvalue weighted by Crippen LogP contribution is -2.41. The summed E-state index contributed by atoms with van der Waals surface area (Å²) >= 11 is 0. The Labute approximate surface area is 142 Å². The summed E-state index contributed by atoms with van der Waals surface area (Å²) in [7, 11) is 0. The zero-order valence-corrected chi connectivity index (χ0v) is 14.3. The summed E-state index contributed by atoms with van der Waals surface area (Å²) in [5.74, 6) is 0.171. The van der Waals surface area contributed by atoms with E-state index in [2.05, 4.69) is 21.8 Å². The minimum absolute atomic E-state index is 0.171. The molecule has 1 aromatic carbocycles. The van der Waals surface area contributed by atoms with Crippen LogP contribution in [0.25, 0.3) is 0 Å². The number of benzene rings is 1. The van der Waals surface area contributed by atoms with Crippen molar-refractivity contribution in [1.82, 2.24) is 20.4 Å². The number of hydrogen-bond donors (Lipinski definition) is 3. The van der Waals surface area contributed by atoms with E-state index in [-0.39, 0.29) is 18.5 Å². The van der Waals surface area contributed by atoms with Crippen molar-refractivity contribution in [3.8, 4) is 0 Å². The maximum absolute atomic E-state index is 11.8. The van der Waals surface area contributed by atoms with Crippen LogP contribution in [-0.2, 0) is 13.1 Å². The number of carbonyl (C=O) groups is 1. The zero-order valence-electron chi connectivity index (χ0n) is 14.3. The molecule has 2 unspecified atom stereocenters. The van der Waals surface area contributed by atoms with E-state index in [9.17, 15) is 9.90 Å². The second kappa shape index (κ2) is 9.08. The summed E-state index contributed by atoms with van der Waals surface area (Å²) in [5.41, 5.74) is 2.16. The number of aliphatic hydroxyl groups excluding tert-OH is 1. The molecule has 1 aromatic heterocycles. The molecule has 0 spiro atoms. The Morgan fingerprint density at radius 1 is 1.29 bits per heavy atom. The van der Waals surface area contributed by atoms with Gasteiger partial charge in [0.15, 0.2) is 0 Å². The quantitative estimate of drug-likeness (QED) is 0.694. The van der Waals surface area contributed by atoms with Gasteiger partial charge in [-0.05, 0) is 23.1 Å². The number of hydrogen-bond acceptors (Lipinski definition) is 3. The molecule has 2 atom stereocenters. The van der Waals surface area contributed by atoms with Crippen LogP contribution in [0.15, 0.2) is 42.7 Å². The number of carbonyl (C=O) groups excluding carboxylic acids is 1. The van der Waals surface area contributed by atoms with Gasteiger partial charge in [0.05, 0.1) is 12.6 Å². The number of nitrogens with zero attached hydrogens (tertiary/aromatic N) is 2. The Balaban J connectivity index is 1.78. The molecule has 0 bridgehead atoms. The first-order valence-corrected chi connectivity index (χ1v) is 8.33. The van der Waals surface area contributed by atoms with Gasteiger partial charge >= 0.3 is 6.03 Å². The lowest BCUT2D eigenvalue weighted by molar-refractivity contribution is 0.114. The van der Waals surface area contributed by atoms with Gasteiger partial charge < -0.3 is 15.7 Å². The Bertz CT molecular complexity index is 628. The molecule has 0 saturated heterocycles. The van der Waals surface area contributed by atoms with E-state index >= 15 is 0 Å². The van der Waals surface area contributed by atoms with Gasteiger partial charge in [-0.3, -0.25) is 4.68 Å². The number of rotatable bonds is 8. The smallest absolute Gasteiger partial charge is 0.315 e. The van der Waals surface area contributed by atoms with Gasteiger partial charge in [-0.25, -0.2) is 4.79 Å². The van der Waals surface area contributed by atoms with Crippen molar-refractivity contribution in [2.75, 3.05) is 6.54 Å². The summed E-state index contributed by atoms with van der Waals surface area (Å²) in [6.45, 7) is 5.39. The van der Waals surface area contributed by atoms with Crippen LogP contribution in [0.2, 0.25) is 0 Å². The van der Waals surface area contributed by atoms with Crippen LogP contribution in [0.1, 0.15) is 31.4 Å². The van der Waals surface area contributed by atoms with Gasteiger partial charge in [-0.15, -0.1) is 0 Å². The highest BCUT2D eigenvalue weighted by molar-refractivity contribution is 5.73. The van der Waals surface area contributed by atoms with Crippen LogP contribution in [0.3, 0.4) is 0 Å². The molecular formula is C18H26N4O2. The maximum atomic E-state index is 11.8. The lowest BCUT2D eigenvalue weighted by Gasteiger charge is -2.17. The van der Waals surface area contributed by atoms with Crippen molar-refractivity contribution < 1.29 is 9.90 Å². The third kappa shape index (κ3) is 5.70. The van der Waals surface area contributed by atoms with Crippen LogP contribution in [0.5, 0.6) is 0 Å². The SMILES string of the molecule is CCC(C)C(O)CNC(=O)NCc1cccc(Cn2cccn2)c1. The molecule has 3 N–H and O–H groups in total. The first-order chi connectivity index (χ1) is 11.6. The Morgan fingerprint density at radius 3 is 2.79 bits per heavy atom. The second-order valence-electron chi connectivity index (χ2n) is 6.04. The third-order valence-electron chi connectivity index (χ3n) is 4.12. The molecule has 0 aliphatic heterocycles. The summed E-state index contributed by atoms with van der Waals surface area (Å²) in [6, 6.07) is 9.66. The summed E-state index contributed by atoms with van der Waals surface area (Å²) in [4.78, 5) is 11.8. The summed E-state index contributed by atoms with van der Waals surface area (Å²) in [5, 5.41) is 19.6. The number of nitrogens with one attached hydrogen (secondary N) is 2. The zero-order chi connectivity index (χ0) is 17.4. The van der Waals surface area contributed by atoms with E-state index < -0.39 is 6.10 Å². The molecule has 0 aliphatic carbocycles. The molecule has 0 radical (unpaired) electrons. The highest BCUT2D eigenvalue weighted by Gasteiger charge is 2.13. The second-order valence-corrected chi connectivity index (χ2v) is 6.04. The average molecular weight is 330 g/mol. The van der Waals surface area contributed by atoms with E-state index in [1.54, 1.807) is 6.20 Å². The molecule has 0 saturated carbocycles.